The summed E-state index contributed by atoms with van der Waals surface area (Å²) in [5.41, 5.74) is 0. The van der Waals surface area contributed by atoms with Crippen LogP contribution in [0.15, 0.2) is 24.3 Å². The van der Waals surface area contributed by atoms with Crippen LogP contribution in [0.1, 0.15) is 44.9 Å². The van der Waals surface area contributed by atoms with Crippen molar-refractivity contribution in [2.24, 2.45) is 0 Å². The van der Waals surface area contributed by atoms with E-state index in [0.717, 1.165) is 12.2 Å². The molecule has 1 aliphatic carbocycles. The average Bonchev–Trinajstić information content (AvgIpc) is 3.17. The smallest absolute Gasteiger partial charge is 0.226 e. The quantitative estimate of drug-likeness (QED) is 0.709. The first-order chi connectivity index (χ1) is 12.1. The van der Waals surface area contributed by atoms with Gasteiger partial charge in [-0.05, 0) is 63.0 Å². The van der Waals surface area contributed by atoms with Crippen molar-refractivity contribution in [3.05, 3.63) is 29.3 Å². The van der Waals surface area contributed by atoms with Crippen molar-refractivity contribution in [1.82, 2.24) is 9.80 Å². The summed E-state index contributed by atoms with van der Waals surface area (Å²) in [5.74, 6) is 0.942. The van der Waals surface area contributed by atoms with Crippen LogP contribution in [-0.2, 0) is 4.79 Å². The van der Waals surface area contributed by atoms with E-state index in [1.54, 1.807) is 12.1 Å². The molecule has 2 aliphatic rings. The fraction of sp³-hybridized carbons (Fsp3) is 0.650. The molecule has 2 atom stereocenters. The molecular weight excluding hydrogens is 371 g/mol. The van der Waals surface area contributed by atoms with Gasteiger partial charge in [-0.15, -0.1) is 12.4 Å². The molecule has 2 fully saturated rings. The molecule has 0 spiro atoms. The SMILES string of the molecule is CN(C(=O)CCOc1ccc(Cl)cc1)[C@@H]1CCCC[C@H]1N1CCCC1.Cl. The second-order valence-corrected chi connectivity index (χ2v) is 7.66. The number of likely N-dealkylation sites (N-methyl/N-ethyl adjacent to an activating group) is 1. The molecule has 0 N–H and O–H groups in total. The molecule has 1 aromatic rings. The maximum absolute atomic E-state index is 12.7. The lowest BCUT2D eigenvalue weighted by molar-refractivity contribution is -0.134. The van der Waals surface area contributed by atoms with E-state index < -0.39 is 0 Å². The van der Waals surface area contributed by atoms with Crippen LogP contribution < -0.4 is 4.74 Å². The van der Waals surface area contributed by atoms with Crippen LogP contribution in [0.4, 0.5) is 0 Å². The van der Waals surface area contributed by atoms with Gasteiger partial charge in [-0.25, -0.2) is 0 Å². The minimum Gasteiger partial charge on any atom is -0.493 e. The molecule has 3 rings (SSSR count). The van der Waals surface area contributed by atoms with Crippen LogP contribution in [0.25, 0.3) is 0 Å². The molecule has 1 amide bonds. The van der Waals surface area contributed by atoms with E-state index in [9.17, 15) is 4.79 Å². The minimum absolute atomic E-state index is 0. The van der Waals surface area contributed by atoms with Gasteiger partial charge in [0, 0.05) is 24.2 Å². The Morgan fingerprint density at radius 2 is 1.81 bits per heavy atom. The highest BCUT2D eigenvalue weighted by molar-refractivity contribution is 6.30. The number of ether oxygens (including phenoxy) is 1. The molecule has 1 saturated heterocycles. The van der Waals surface area contributed by atoms with Gasteiger partial charge in [0.15, 0.2) is 0 Å². The first kappa shape index (κ1) is 21.3. The summed E-state index contributed by atoms with van der Waals surface area (Å²) < 4.78 is 5.68. The van der Waals surface area contributed by atoms with Crippen molar-refractivity contribution in [3.8, 4) is 5.75 Å². The van der Waals surface area contributed by atoms with Crippen molar-refractivity contribution in [3.63, 3.8) is 0 Å². The second-order valence-electron chi connectivity index (χ2n) is 7.22. The molecule has 6 heteroatoms. The molecule has 4 nitrogen and oxygen atoms in total. The van der Waals surface area contributed by atoms with Gasteiger partial charge in [0.05, 0.1) is 13.0 Å². The van der Waals surface area contributed by atoms with Gasteiger partial charge in [0.25, 0.3) is 0 Å². The van der Waals surface area contributed by atoms with Gasteiger partial charge in [-0.1, -0.05) is 24.4 Å². The van der Waals surface area contributed by atoms with Gasteiger partial charge in [0.1, 0.15) is 5.75 Å². The van der Waals surface area contributed by atoms with Crippen molar-refractivity contribution >= 4 is 29.9 Å². The van der Waals surface area contributed by atoms with Crippen LogP contribution in [-0.4, -0.2) is 54.5 Å². The van der Waals surface area contributed by atoms with E-state index in [1.165, 1.54) is 45.2 Å². The number of benzene rings is 1. The van der Waals surface area contributed by atoms with E-state index in [-0.39, 0.29) is 18.3 Å². The zero-order chi connectivity index (χ0) is 17.6. The predicted octanol–water partition coefficient (Wildman–Crippen LogP) is 4.40. The highest BCUT2D eigenvalue weighted by atomic mass is 35.5. The van der Waals surface area contributed by atoms with Gasteiger partial charge < -0.3 is 9.64 Å². The van der Waals surface area contributed by atoms with Gasteiger partial charge in [0.2, 0.25) is 5.91 Å². The van der Waals surface area contributed by atoms with Crippen LogP contribution in [0.2, 0.25) is 5.02 Å². The number of halogens is 2. The molecule has 1 heterocycles. The third-order valence-corrected chi connectivity index (χ3v) is 5.84. The molecule has 146 valence electrons. The Morgan fingerprint density at radius 1 is 1.15 bits per heavy atom. The molecule has 26 heavy (non-hydrogen) atoms. The number of hydrogen-bond acceptors (Lipinski definition) is 3. The normalized spacial score (nSPS) is 23.3. The minimum atomic E-state index is 0. The molecule has 0 bridgehead atoms. The van der Waals surface area contributed by atoms with Gasteiger partial charge in [-0.3, -0.25) is 9.69 Å². The summed E-state index contributed by atoms with van der Waals surface area (Å²) in [5, 5.41) is 0.688. The summed E-state index contributed by atoms with van der Waals surface area (Å²) in [6, 6.07) is 8.17. The fourth-order valence-electron chi connectivity index (χ4n) is 4.19. The van der Waals surface area contributed by atoms with Crippen molar-refractivity contribution in [2.75, 3.05) is 26.7 Å². The molecule has 0 unspecified atom stereocenters. The highest BCUT2D eigenvalue weighted by Gasteiger charge is 2.35. The van der Waals surface area contributed by atoms with Crippen molar-refractivity contribution in [2.45, 2.75) is 57.0 Å². The molecule has 1 aromatic carbocycles. The van der Waals surface area contributed by atoms with E-state index >= 15 is 0 Å². The van der Waals surface area contributed by atoms with E-state index in [2.05, 4.69) is 4.90 Å². The molecule has 1 aliphatic heterocycles. The number of amides is 1. The Morgan fingerprint density at radius 3 is 2.50 bits per heavy atom. The number of rotatable bonds is 6. The lowest BCUT2D eigenvalue weighted by Gasteiger charge is -2.42. The Balaban J connectivity index is 0.00000243. The zero-order valence-corrected chi connectivity index (χ0v) is 17.1. The third kappa shape index (κ3) is 5.51. The van der Waals surface area contributed by atoms with Gasteiger partial charge in [-0.2, -0.15) is 0 Å². The van der Waals surface area contributed by atoms with E-state index in [1.807, 2.05) is 24.1 Å². The second kappa shape index (κ2) is 10.4. The standard InChI is InChI=1S/C20H29ClN2O2.ClH/c1-22(18-6-2-3-7-19(18)23-13-4-5-14-23)20(24)12-15-25-17-10-8-16(21)9-11-17;/h8-11,18-19H,2-7,12-15H2,1H3;1H/t18-,19-;/m1./s1. The first-order valence-electron chi connectivity index (χ1n) is 9.53. The number of carbonyl (C=O) groups is 1. The number of likely N-dealkylation sites (tertiary alicyclic amines) is 1. The maximum Gasteiger partial charge on any atom is 0.226 e. The van der Waals surface area contributed by atoms with Crippen LogP contribution in [0.5, 0.6) is 5.75 Å². The molecule has 0 radical (unpaired) electrons. The Hall–Kier alpha value is -0.970. The molecule has 0 aromatic heterocycles. The zero-order valence-electron chi connectivity index (χ0n) is 15.5. The summed E-state index contributed by atoms with van der Waals surface area (Å²) in [4.78, 5) is 17.3. The summed E-state index contributed by atoms with van der Waals surface area (Å²) in [6.07, 6.45) is 7.90. The number of hydrogen-bond donors (Lipinski definition) is 0. The Kier molecular flexibility index (Phi) is 8.52. The van der Waals surface area contributed by atoms with Gasteiger partial charge >= 0.3 is 0 Å². The van der Waals surface area contributed by atoms with Crippen molar-refractivity contribution < 1.29 is 9.53 Å². The van der Waals surface area contributed by atoms with Crippen LogP contribution in [0, 0.1) is 0 Å². The first-order valence-corrected chi connectivity index (χ1v) is 9.91. The van der Waals surface area contributed by atoms with Crippen LogP contribution >= 0.6 is 24.0 Å². The molecule has 1 saturated carbocycles. The largest absolute Gasteiger partial charge is 0.493 e. The Labute approximate surface area is 168 Å². The predicted molar refractivity (Wildman–Crippen MR) is 108 cm³/mol. The number of carbonyl (C=O) groups excluding carboxylic acids is 1. The summed E-state index contributed by atoms with van der Waals surface area (Å²) >= 11 is 5.87. The lowest BCUT2D eigenvalue weighted by atomic mass is 9.88. The summed E-state index contributed by atoms with van der Waals surface area (Å²) in [6.45, 7) is 2.80. The summed E-state index contributed by atoms with van der Waals surface area (Å²) in [7, 11) is 1.98. The maximum atomic E-state index is 12.7. The number of nitrogens with zero attached hydrogens (tertiary/aromatic N) is 2. The van der Waals surface area contributed by atoms with Crippen LogP contribution in [0.3, 0.4) is 0 Å². The average molecular weight is 401 g/mol. The van der Waals surface area contributed by atoms with E-state index in [4.69, 9.17) is 16.3 Å². The van der Waals surface area contributed by atoms with Crippen molar-refractivity contribution in [1.29, 1.82) is 0 Å². The third-order valence-electron chi connectivity index (χ3n) is 5.59. The topological polar surface area (TPSA) is 32.8 Å². The molecular formula is C20H30Cl2N2O2. The lowest BCUT2D eigenvalue weighted by Crippen LogP contribution is -2.53. The fourth-order valence-corrected chi connectivity index (χ4v) is 4.32. The van der Waals surface area contributed by atoms with E-state index in [0.29, 0.717) is 30.1 Å². The highest BCUT2D eigenvalue weighted by Crippen LogP contribution is 2.29. The Bertz CT molecular complexity index is 561. The monoisotopic (exact) mass is 400 g/mol.